The molecule has 4 heteroatoms. The molecule has 0 saturated carbocycles. The van der Waals surface area contributed by atoms with Crippen LogP contribution in [0.4, 0.5) is 0 Å². The van der Waals surface area contributed by atoms with E-state index in [-0.39, 0.29) is 5.91 Å². The molecule has 0 spiro atoms. The third kappa shape index (κ3) is 3.74. The van der Waals surface area contributed by atoms with Gasteiger partial charge in [-0.3, -0.25) is 4.79 Å². The number of rotatable bonds is 4. The van der Waals surface area contributed by atoms with Crippen LogP contribution >= 0.6 is 0 Å². The molecule has 4 nitrogen and oxygen atoms in total. The van der Waals surface area contributed by atoms with Crippen LogP contribution in [-0.2, 0) is 4.79 Å². The van der Waals surface area contributed by atoms with E-state index in [1.807, 2.05) is 0 Å². The molecule has 0 bridgehead atoms. The third-order valence-electron chi connectivity index (χ3n) is 2.46. The molecular formula is C9H19N3O. The molecule has 1 rings (SSSR count). The minimum atomic E-state index is 0.110. The van der Waals surface area contributed by atoms with Crippen molar-refractivity contribution in [2.75, 3.05) is 33.7 Å². The highest BCUT2D eigenvalue weighted by Crippen LogP contribution is 2.05. The molecule has 13 heavy (non-hydrogen) atoms. The molecule has 1 saturated heterocycles. The molecule has 1 aliphatic rings. The van der Waals surface area contributed by atoms with Gasteiger partial charge in [-0.15, -0.1) is 0 Å². The summed E-state index contributed by atoms with van der Waals surface area (Å²) in [5, 5.41) is 5.98. The molecule has 0 aromatic heterocycles. The predicted molar refractivity (Wildman–Crippen MR) is 52.6 cm³/mol. The number of likely N-dealkylation sites (N-methyl/N-ethyl adjacent to an activating group) is 1. The summed E-state index contributed by atoms with van der Waals surface area (Å²) in [5.74, 6) is 0.110. The molecule has 1 aliphatic heterocycles. The summed E-state index contributed by atoms with van der Waals surface area (Å²) in [6.45, 7) is 3.06. The summed E-state index contributed by atoms with van der Waals surface area (Å²) in [4.78, 5) is 13.2. The van der Waals surface area contributed by atoms with E-state index < -0.39 is 0 Å². The third-order valence-corrected chi connectivity index (χ3v) is 2.46. The number of likely N-dealkylation sites (tertiary alicyclic amines) is 1. The van der Waals surface area contributed by atoms with Crippen molar-refractivity contribution in [3.05, 3.63) is 0 Å². The van der Waals surface area contributed by atoms with Crippen molar-refractivity contribution in [3.8, 4) is 0 Å². The maximum absolute atomic E-state index is 10.9. The van der Waals surface area contributed by atoms with Crippen LogP contribution in [0, 0.1) is 0 Å². The Morgan fingerprint density at radius 2 is 2.38 bits per heavy atom. The number of carbonyl (C=O) groups excluding carboxylic acids is 1. The number of amides is 1. The predicted octanol–water partition coefficient (Wildman–Crippen LogP) is -0.584. The maximum Gasteiger partial charge on any atom is 0.221 e. The molecule has 0 aliphatic carbocycles. The van der Waals surface area contributed by atoms with E-state index >= 15 is 0 Å². The average molecular weight is 185 g/mol. The first-order valence-electron chi connectivity index (χ1n) is 4.85. The van der Waals surface area contributed by atoms with E-state index in [9.17, 15) is 4.79 Å². The van der Waals surface area contributed by atoms with Crippen molar-refractivity contribution < 1.29 is 4.79 Å². The fraction of sp³-hybridized carbons (Fsp3) is 0.889. The van der Waals surface area contributed by atoms with Crippen molar-refractivity contribution in [1.29, 1.82) is 0 Å². The zero-order valence-corrected chi connectivity index (χ0v) is 8.47. The van der Waals surface area contributed by atoms with Gasteiger partial charge in [0.2, 0.25) is 5.91 Å². The van der Waals surface area contributed by atoms with Crippen molar-refractivity contribution in [3.63, 3.8) is 0 Å². The Labute approximate surface area is 79.7 Å². The fourth-order valence-electron chi connectivity index (χ4n) is 1.62. The first-order chi connectivity index (χ1) is 6.22. The van der Waals surface area contributed by atoms with Crippen LogP contribution in [0.5, 0.6) is 0 Å². The average Bonchev–Trinajstić information content (AvgIpc) is 2.51. The highest BCUT2D eigenvalue weighted by atomic mass is 16.1. The maximum atomic E-state index is 10.9. The van der Waals surface area contributed by atoms with Gasteiger partial charge in [-0.25, -0.2) is 0 Å². The van der Waals surface area contributed by atoms with Crippen LogP contribution in [0.1, 0.15) is 12.8 Å². The molecular weight excluding hydrogens is 166 g/mol. The van der Waals surface area contributed by atoms with E-state index in [1.54, 1.807) is 7.05 Å². The topological polar surface area (TPSA) is 44.4 Å². The van der Waals surface area contributed by atoms with E-state index in [4.69, 9.17) is 0 Å². The summed E-state index contributed by atoms with van der Waals surface area (Å²) >= 11 is 0. The Hall–Kier alpha value is -0.610. The molecule has 1 heterocycles. The number of nitrogens with zero attached hydrogens (tertiary/aromatic N) is 1. The van der Waals surface area contributed by atoms with E-state index in [0.29, 0.717) is 12.5 Å². The lowest BCUT2D eigenvalue weighted by molar-refractivity contribution is -0.120. The lowest BCUT2D eigenvalue weighted by Crippen LogP contribution is -2.34. The Morgan fingerprint density at radius 3 is 2.92 bits per heavy atom. The number of carbonyl (C=O) groups is 1. The second-order valence-corrected chi connectivity index (χ2v) is 3.63. The number of nitrogens with one attached hydrogen (secondary N) is 2. The van der Waals surface area contributed by atoms with Gasteiger partial charge in [-0.2, -0.15) is 0 Å². The summed E-state index contributed by atoms with van der Waals surface area (Å²) in [7, 11) is 3.80. The van der Waals surface area contributed by atoms with Crippen LogP contribution in [0.3, 0.4) is 0 Å². The van der Waals surface area contributed by atoms with Gasteiger partial charge in [-0.1, -0.05) is 0 Å². The Morgan fingerprint density at radius 1 is 1.62 bits per heavy atom. The van der Waals surface area contributed by atoms with Gasteiger partial charge in [0, 0.05) is 32.6 Å². The van der Waals surface area contributed by atoms with E-state index in [1.165, 1.54) is 6.42 Å². The minimum absolute atomic E-state index is 0.110. The molecule has 1 atom stereocenters. The lowest BCUT2D eigenvalue weighted by Gasteiger charge is -2.11. The number of hydrogen-bond donors (Lipinski definition) is 2. The monoisotopic (exact) mass is 185 g/mol. The largest absolute Gasteiger partial charge is 0.359 e. The van der Waals surface area contributed by atoms with Crippen molar-refractivity contribution >= 4 is 5.91 Å². The summed E-state index contributed by atoms with van der Waals surface area (Å²) in [6.07, 6.45) is 1.78. The van der Waals surface area contributed by atoms with Gasteiger partial charge in [0.05, 0.1) is 0 Å². The van der Waals surface area contributed by atoms with Crippen LogP contribution in [0.15, 0.2) is 0 Å². The van der Waals surface area contributed by atoms with Crippen LogP contribution < -0.4 is 10.6 Å². The van der Waals surface area contributed by atoms with Crippen LogP contribution in [0.2, 0.25) is 0 Å². The second-order valence-electron chi connectivity index (χ2n) is 3.63. The number of hydrogen-bond acceptors (Lipinski definition) is 3. The smallest absolute Gasteiger partial charge is 0.221 e. The summed E-state index contributed by atoms with van der Waals surface area (Å²) < 4.78 is 0. The highest BCUT2D eigenvalue weighted by molar-refractivity contribution is 5.75. The molecule has 76 valence electrons. The summed E-state index contributed by atoms with van der Waals surface area (Å²) in [5.41, 5.74) is 0. The van der Waals surface area contributed by atoms with Crippen LogP contribution in [0.25, 0.3) is 0 Å². The Balaban J connectivity index is 2.03. The van der Waals surface area contributed by atoms with Gasteiger partial charge in [0.1, 0.15) is 0 Å². The van der Waals surface area contributed by atoms with Crippen LogP contribution in [-0.4, -0.2) is 50.6 Å². The Bertz CT molecular complexity index is 172. The van der Waals surface area contributed by atoms with Crippen molar-refractivity contribution in [1.82, 2.24) is 15.5 Å². The van der Waals surface area contributed by atoms with Gasteiger partial charge >= 0.3 is 0 Å². The molecule has 1 unspecified atom stereocenters. The zero-order valence-electron chi connectivity index (χ0n) is 8.47. The molecule has 0 aromatic carbocycles. The molecule has 0 aromatic rings. The molecule has 1 amide bonds. The molecule has 2 N–H and O–H groups in total. The Kier molecular flexibility index (Phi) is 4.18. The van der Waals surface area contributed by atoms with Crippen molar-refractivity contribution in [2.24, 2.45) is 0 Å². The normalized spacial score (nSPS) is 23.4. The second kappa shape index (κ2) is 5.19. The molecule has 1 fully saturated rings. The van der Waals surface area contributed by atoms with Gasteiger partial charge in [0.15, 0.2) is 0 Å². The fourth-order valence-corrected chi connectivity index (χ4v) is 1.62. The highest BCUT2D eigenvalue weighted by Gasteiger charge is 2.18. The van der Waals surface area contributed by atoms with E-state index in [0.717, 1.165) is 19.6 Å². The SMILES string of the molecule is CNC(=O)CCNC1CCN(C)C1. The first kappa shape index (κ1) is 10.5. The summed E-state index contributed by atoms with van der Waals surface area (Å²) in [6, 6.07) is 0.578. The molecule has 0 radical (unpaired) electrons. The standard InChI is InChI=1S/C9H19N3O/c1-10-9(13)3-5-11-8-4-6-12(2)7-8/h8,11H,3-7H2,1-2H3,(H,10,13). The zero-order chi connectivity index (χ0) is 9.68. The van der Waals surface area contributed by atoms with Gasteiger partial charge < -0.3 is 15.5 Å². The van der Waals surface area contributed by atoms with Gasteiger partial charge in [-0.05, 0) is 20.0 Å². The van der Waals surface area contributed by atoms with Gasteiger partial charge in [0.25, 0.3) is 0 Å². The first-order valence-corrected chi connectivity index (χ1v) is 4.85. The quantitative estimate of drug-likeness (QED) is 0.615. The minimum Gasteiger partial charge on any atom is -0.359 e. The van der Waals surface area contributed by atoms with Crippen molar-refractivity contribution in [2.45, 2.75) is 18.9 Å². The lowest BCUT2D eigenvalue weighted by atomic mass is 10.2. The van der Waals surface area contributed by atoms with E-state index in [2.05, 4.69) is 22.6 Å².